The monoisotopic (exact) mass is 250 g/mol. The maximum Gasteiger partial charge on any atom is 0.235 e. The van der Waals surface area contributed by atoms with Gasteiger partial charge in [-0.1, -0.05) is 12.1 Å². The molecule has 0 aliphatic heterocycles. The Morgan fingerprint density at radius 1 is 1.53 bits per heavy atom. The van der Waals surface area contributed by atoms with Crippen LogP contribution in [0.3, 0.4) is 0 Å². The molecule has 1 N–H and O–H groups in total. The van der Waals surface area contributed by atoms with Crippen molar-refractivity contribution in [2.24, 2.45) is 0 Å². The molecule has 0 radical (unpaired) electrons. The molecule has 0 fully saturated rings. The number of aliphatic hydroxyl groups excluding tert-OH is 1. The van der Waals surface area contributed by atoms with E-state index in [1.807, 2.05) is 0 Å². The number of ether oxygens (including phenoxy) is 1. The molecule has 84 valence electrons. The van der Waals surface area contributed by atoms with Crippen molar-refractivity contribution in [2.75, 3.05) is 12.9 Å². The first-order chi connectivity index (χ1) is 6.92. The van der Waals surface area contributed by atoms with Crippen LogP contribution in [0.15, 0.2) is 24.3 Å². The first-order valence-corrected chi connectivity index (χ1v) is 6.64. The Morgan fingerprint density at radius 3 is 2.73 bits per heavy atom. The van der Waals surface area contributed by atoms with Crippen molar-refractivity contribution in [3.05, 3.63) is 29.8 Å². The normalized spacial score (nSPS) is 13.5. The number of hydrogen-bond donors (Lipinski definition) is 1. The minimum absolute atomic E-state index is 0.457. The smallest absolute Gasteiger partial charge is 0.235 e. The molecular formula is C9H11ClO4S. The quantitative estimate of drug-likeness (QED) is 0.818. The zero-order chi connectivity index (χ0) is 11.5. The van der Waals surface area contributed by atoms with Crippen molar-refractivity contribution in [2.45, 2.75) is 6.10 Å². The molecule has 15 heavy (non-hydrogen) atoms. The van der Waals surface area contributed by atoms with Gasteiger partial charge in [0, 0.05) is 10.7 Å². The molecule has 4 nitrogen and oxygen atoms in total. The third kappa shape index (κ3) is 4.07. The van der Waals surface area contributed by atoms with E-state index in [1.165, 1.54) is 7.11 Å². The van der Waals surface area contributed by atoms with Crippen molar-refractivity contribution >= 4 is 19.7 Å². The number of hydrogen-bond acceptors (Lipinski definition) is 4. The average Bonchev–Trinajstić information content (AvgIpc) is 2.15. The summed E-state index contributed by atoms with van der Waals surface area (Å²) < 4.78 is 26.4. The molecule has 0 aliphatic carbocycles. The predicted molar refractivity (Wildman–Crippen MR) is 57.6 cm³/mol. The van der Waals surface area contributed by atoms with Gasteiger partial charge in [0.05, 0.1) is 19.0 Å². The van der Waals surface area contributed by atoms with Crippen molar-refractivity contribution in [3.63, 3.8) is 0 Å². The van der Waals surface area contributed by atoms with E-state index in [2.05, 4.69) is 0 Å². The van der Waals surface area contributed by atoms with E-state index in [9.17, 15) is 13.5 Å². The molecule has 0 aliphatic rings. The Bertz CT molecular complexity index is 429. The average molecular weight is 251 g/mol. The van der Waals surface area contributed by atoms with E-state index in [-0.39, 0.29) is 0 Å². The highest BCUT2D eigenvalue weighted by molar-refractivity contribution is 8.13. The van der Waals surface area contributed by atoms with Gasteiger partial charge in [-0.25, -0.2) is 8.42 Å². The van der Waals surface area contributed by atoms with Gasteiger partial charge in [-0.2, -0.15) is 0 Å². The number of rotatable bonds is 4. The highest BCUT2D eigenvalue weighted by Crippen LogP contribution is 2.21. The van der Waals surface area contributed by atoms with Gasteiger partial charge in [0.15, 0.2) is 0 Å². The summed E-state index contributed by atoms with van der Waals surface area (Å²) in [6.07, 6.45) is -1.14. The molecule has 0 saturated heterocycles. The van der Waals surface area contributed by atoms with Crippen LogP contribution in [0.1, 0.15) is 11.7 Å². The van der Waals surface area contributed by atoms with Gasteiger partial charge in [-0.05, 0) is 17.7 Å². The lowest BCUT2D eigenvalue weighted by Crippen LogP contribution is -2.09. The van der Waals surface area contributed by atoms with Gasteiger partial charge >= 0.3 is 0 Å². The molecule has 0 heterocycles. The van der Waals surface area contributed by atoms with E-state index < -0.39 is 20.9 Å². The van der Waals surface area contributed by atoms with E-state index >= 15 is 0 Å². The topological polar surface area (TPSA) is 63.6 Å². The molecule has 0 aromatic heterocycles. The maximum absolute atomic E-state index is 10.7. The summed E-state index contributed by atoms with van der Waals surface area (Å²) in [6.45, 7) is 0. The Labute approximate surface area is 92.9 Å². The van der Waals surface area contributed by atoms with Gasteiger partial charge in [0.2, 0.25) is 9.05 Å². The Hall–Kier alpha value is -0.780. The van der Waals surface area contributed by atoms with Gasteiger partial charge in [-0.15, -0.1) is 0 Å². The van der Waals surface area contributed by atoms with Crippen molar-refractivity contribution in [3.8, 4) is 5.75 Å². The molecule has 0 amide bonds. The number of benzene rings is 1. The summed E-state index contributed by atoms with van der Waals surface area (Å²) in [4.78, 5) is 0. The van der Waals surface area contributed by atoms with Gasteiger partial charge in [0.25, 0.3) is 0 Å². The van der Waals surface area contributed by atoms with Crippen molar-refractivity contribution in [1.82, 2.24) is 0 Å². The minimum Gasteiger partial charge on any atom is -0.497 e. The molecule has 0 bridgehead atoms. The van der Waals surface area contributed by atoms with E-state index in [0.717, 1.165) is 0 Å². The lowest BCUT2D eigenvalue weighted by Gasteiger charge is -2.09. The van der Waals surface area contributed by atoms with Crippen LogP contribution in [0, 0.1) is 0 Å². The van der Waals surface area contributed by atoms with Crippen LogP contribution in [0.25, 0.3) is 0 Å². The summed E-state index contributed by atoms with van der Waals surface area (Å²) in [5.41, 5.74) is 0.457. The van der Waals surface area contributed by atoms with Gasteiger partial charge in [0.1, 0.15) is 5.75 Å². The first kappa shape index (κ1) is 12.3. The highest BCUT2D eigenvalue weighted by atomic mass is 35.7. The lowest BCUT2D eigenvalue weighted by atomic mass is 10.1. The third-order valence-corrected chi connectivity index (χ3v) is 2.93. The Morgan fingerprint density at radius 2 is 2.20 bits per heavy atom. The lowest BCUT2D eigenvalue weighted by molar-refractivity contribution is 0.201. The summed E-state index contributed by atoms with van der Waals surface area (Å²) in [6, 6.07) is 6.53. The molecule has 6 heteroatoms. The van der Waals surface area contributed by atoms with Crippen molar-refractivity contribution < 1.29 is 18.3 Å². The molecule has 1 aromatic carbocycles. The van der Waals surface area contributed by atoms with Gasteiger partial charge in [-0.3, -0.25) is 0 Å². The van der Waals surface area contributed by atoms with Gasteiger partial charge < -0.3 is 9.84 Å². The first-order valence-electron chi connectivity index (χ1n) is 4.17. The Balaban J connectivity index is 2.86. The molecule has 1 unspecified atom stereocenters. The molecule has 1 rings (SSSR count). The molecular weight excluding hydrogens is 240 g/mol. The molecule has 1 atom stereocenters. The zero-order valence-electron chi connectivity index (χ0n) is 8.05. The molecule has 0 saturated carbocycles. The fourth-order valence-electron chi connectivity index (χ4n) is 1.13. The fraction of sp³-hybridized carbons (Fsp3) is 0.333. The van der Waals surface area contributed by atoms with Crippen LogP contribution in [0.2, 0.25) is 0 Å². The zero-order valence-corrected chi connectivity index (χ0v) is 9.62. The van der Waals surface area contributed by atoms with Crippen LogP contribution >= 0.6 is 10.7 Å². The highest BCUT2D eigenvalue weighted by Gasteiger charge is 2.16. The predicted octanol–water partition coefficient (Wildman–Crippen LogP) is 1.30. The van der Waals surface area contributed by atoms with Crippen LogP contribution in [0.4, 0.5) is 0 Å². The minimum atomic E-state index is -3.71. The fourth-order valence-corrected chi connectivity index (χ4v) is 2.06. The number of methoxy groups -OCH3 is 1. The third-order valence-electron chi connectivity index (χ3n) is 1.84. The summed E-state index contributed by atoms with van der Waals surface area (Å²) in [7, 11) is 2.81. The van der Waals surface area contributed by atoms with Crippen LogP contribution < -0.4 is 4.74 Å². The maximum atomic E-state index is 10.7. The summed E-state index contributed by atoms with van der Waals surface area (Å²) >= 11 is 0. The second kappa shape index (κ2) is 4.83. The Kier molecular flexibility index (Phi) is 3.96. The largest absolute Gasteiger partial charge is 0.497 e. The summed E-state index contributed by atoms with van der Waals surface area (Å²) in [5, 5.41) is 9.56. The van der Waals surface area contributed by atoms with Crippen LogP contribution in [0.5, 0.6) is 5.75 Å². The van der Waals surface area contributed by atoms with Crippen molar-refractivity contribution in [1.29, 1.82) is 0 Å². The standard InChI is InChI=1S/C9H11ClO4S/c1-14-8-4-2-3-7(5-8)9(11)6-15(10,12)13/h2-5,9,11H,6H2,1H3. The van der Waals surface area contributed by atoms with E-state index in [4.69, 9.17) is 15.4 Å². The van der Waals surface area contributed by atoms with E-state index in [0.29, 0.717) is 11.3 Å². The molecule has 1 aromatic rings. The second-order valence-corrected chi connectivity index (χ2v) is 5.82. The second-order valence-electron chi connectivity index (χ2n) is 3.00. The molecule has 0 spiro atoms. The van der Waals surface area contributed by atoms with Crippen LogP contribution in [-0.2, 0) is 9.05 Å². The van der Waals surface area contributed by atoms with E-state index in [1.54, 1.807) is 24.3 Å². The SMILES string of the molecule is COc1cccc(C(O)CS(=O)(=O)Cl)c1. The number of halogens is 1. The number of aliphatic hydroxyl groups is 1. The summed E-state index contributed by atoms with van der Waals surface area (Å²) in [5.74, 6) is 0.0420. The van der Waals surface area contributed by atoms with Crippen LogP contribution in [-0.4, -0.2) is 26.4 Å².